The van der Waals surface area contributed by atoms with Crippen molar-refractivity contribution >= 4 is 60.6 Å². The van der Waals surface area contributed by atoms with Gasteiger partial charge in [0, 0.05) is 0 Å². The Morgan fingerprint density at radius 2 is 2.11 bits per heavy atom. The molecule has 0 spiro atoms. The van der Waals surface area contributed by atoms with Crippen molar-refractivity contribution < 1.29 is 2.85 Å². The van der Waals surface area contributed by atoms with Gasteiger partial charge in [-0.05, 0) is 18.1 Å². The van der Waals surface area contributed by atoms with Gasteiger partial charge in [-0.3, -0.25) is 0 Å². The van der Waals surface area contributed by atoms with E-state index in [0.717, 1.165) is 5.75 Å². The van der Waals surface area contributed by atoms with Gasteiger partial charge in [-0.2, -0.15) is 0 Å². The van der Waals surface area contributed by atoms with Crippen LogP contribution in [0.4, 0.5) is 0 Å². The van der Waals surface area contributed by atoms with Gasteiger partial charge in [0.1, 0.15) is 0 Å². The summed E-state index contributed by atoms with van der Waals surface area (Å²) in [5, 5.41) is 2.10. The first-order valence-corrected chi connectivity index (χ1v) is 3.86. The van der Waals surface area contributed by atoms with E-state index < -0.39 is 0 Å². The van der Waals surface area contributed by atoms with Crippen molar-refractivity contribution in [2.75, 3.05) is 5.75 Å². The number of rotatable bonds is 3. The predicted molar refractivity (Wildman–Crippen MR) is 50.1 cm³/mol. The van der Waals surface area contributed by atoms with Gasteiger partial charge in [0.2, 0.25) is 0 Å². The van der Waals surface area contributed by atoms with Crippen molar-refractivity contribution in [3.63, 3.8) is 0 Å². The zero-order valence-corrected chi connectivity index (χ0v) is 11.4. The van der Waals surface area contributed by atoms with Crippen LogP contribution in [-0.4, -0.2) is 54.6 Å². The molecule has 0 aromatic rings. The van der Waals surface area contributed by atoms with Crippen LogP contribution >= 0.6 is 11.8 Å². The van der Waals surface area contributed by atoms with Gasteiger partial charge < -0.3 is 2.85 Å². The molecule has 0 saturated heterocycles. The quantitative estimate of drug-likeness (QED) is 0.560. The zero-order valence-electron chi connectivity index (χ0n) is 8.13. The molecular formula is C7H14BaS. The third kappa shape index (κ3) is 12.6. The van der Waals surface area contributed by atoms with E-state index in [1.165, 1.54) is 0 Å². The van der Waals surface area contributed by atoms with Gasteiger partial charge in [0.15, 0.2) is 0 Å². The normalized spacial score (nSPS) is 10.4. The minimum atomic E-state index is 0. The molecule has 0 nitrogen and oxygen atoms in total. The molecule has 0 radical (unpaired) electrons. The summed E-state index contributed by atoms with van der Waals surface area (Å²) in [7, 11) is 0. The van der Waals surface area contributed by atoms with Crippen LogP contribution in [0.25, 0.3) is 0 Å². The molecule has 9 heavy (non-hydrogen) atoms. The Hall–Kier alpha value is 1.40. The largest absolute Gasteiger partial charge is 2.00 e. The average molecular weight is 268 g/mol. The molecule has 0 rings (SSSR count). The van der Waals surface area contributed by atoms with E-state index in [0.29, 0.717) is 0 Å². The molecule has 0 aliphatic carbocycles. The molecule has 0 unspecified atom stereocenters. The van der Waals surface area contributed by atoms with E-state index in [4.69, 9.17) is 0 Å². The molecule has 50 valence electrons. The molecule has 0 amide bonds. The summed E-state index contributed by atoms with van der Waals surface area (Å²) in [4.78, 5) is 0. The van der Waals surface area contributed by atoms with E-state index in [2.05, 4.69) is 12.3 Å². The summed E-state index contributed by atoms with van der Waals surface area (Å²) in [6.45, 7) is 4.16. The fraction of sp³-hybridized carbons (Fsp3) is 0.429. The van der Waals surface area contributed by atoms with Gasteiger partial charge in [-0.1, -0.05) is 25.2 Å². The maximum Gasteiger partial charge on any atom is 2.00 e. The standard InChI is InChI=1S/C7H12S.Ba.2H/c1-3-5-6-7-8-4-2;;;/h3,5-7H,4H2,1-2H3;;;/q;+2;2*-1. The monoisotopic (exact) mass is 268 g/mol. The van der Waals surface area contributed by atoms with Crippen LogP contribution in [0.1, 0.15) is 16.7 Å². The van der Waals surface area contributed by atoms with Crippen LogP contribution in [0.3, 0.4) is 0 Å². The Bertz CT molecular complexity index is 94.4. The van der Waals surface area contributed by atoms with Crippen LogP contribution in [0.5, 0.6) is 0 Å². The molecule has 0 heterocycles. The van der Waals surface area contributed by atoms with E-state index in [1.807, 2.05) is 36.9 Å². The Morgan fingerprint density at radius 3 is 2.56 bits per heavy atom. The fourth-order valence-electron chi connectivity index (χ4n) is 0.308. The summed E-state index contributed by atoms with van der Waals surface area (Å²) in [5.74, 6) is 1.16. The van der Waals surface area contributed by atoms with E-state index in [1.54, 1.807) is 0 Å². The molecule has 0 fully saturated rings. The molecule has 0 aliphatic heterocycles. The van der Waals surface area contributed by atoms with Gasteiger partial charge in [-0.25, -0.2) is 0 Å². The van der Waals surface area contributed by atoms with Crippen molar-refractivity contribution in [3.8, 4) is 0 Å². The van der Waals surface area contributed by atoms with Crippen LogP contribution in [0.2, 0.25) is 0 Å². The van der Waals surface area contributed by atoms with Crippen LogP contribution in [0, 0.1) is 0 Å². The van der Waals surface area contributed by atoms with Crippen LogP contribution in [0.15, 0.2) is 23.6 Å². The van der Waals surface area contributed by atoms with Crippen molar-refractivity contribution in [2.45, 2.75) is 13.8 Å². The van der Waals surface area contributed by atoms with Crippen molar-refractivity contribution in [3.05, 3.63) is 23.6 Å². The van der Waals surface area contributed by atoms with Gasteiger partial charge >= 0.3 is 48.9 Å². The molecule has 0 aliphatic rings. The van der Waals surface area contributed by atoms with Crippen molar-refractivity contribution in [1.29, 1.82) is 0 Å². The molecule has 0 aromatic carbocycles. The summed E-state index contributed by atoms with van der Waals surface area (Å²) < 4.78 is 0. The molecule has 2 heteroatoms. The Morgan fingerprint density at radius 1 is 1.44 bits per heavy atom. The number of thioether (sulfide) groups is 1. The van der Waals surface area contributed by atoms with E-state index >= 15 is 0 Å². The first-order valence-electron chi connectivity index (χ1n) is 2.81. The number of hydrogen-bond donors (Lipinski definition) is 0. The summed E-state index contributed by atoms with van der Waals surface area (Å²) in [6.07, 6.45) is 6.10. The average Bonchev–Trinajstić information content (AvgIpc) is 1.81. The van der Waals surface area contributed by atoms with E-state index in [9.17, 15) is 0 Å². The molecular weight excluding hydrogens is 253 g/mol. The Balaban J connectivity index is -0.0000000817. The fourth-order valence-corrected chi connectivity index (χ4v) is 0.703. The topological polar surface area (TPSA) is 0 Å². The predicted octanol–water partition coefficient (Wildman–Crippen LogP) is 2.67. The molecule has 0 atom stereocenters. The molecule has 0 saturated carbocycles. The Labute approximate surface area is 105 Å². The number of allylic oxidation sites excluding steroid dienone is 3. The zero-order chi connectivity index (χ0) is 6.24. The molecule has 0 bridgehead atoms. The maximum atomic E-state index is 2.14. The van der Waals surface area contributed by atoms with Crippen LogP contribution in [-0.2, 0) is 0 Å². The maximum absolute atomic E-state index is 2.14. The van der Waals surface area contributed by atoms with Gasteiger partial charge in [0.25, 0.3) is 0 Å². The second-order valence-corrected chi connectivity index (χ2v) is 2.49. The first-order chi connectivity index (χ1) is 3.91. The van der Waals surface area contributed by atoms with Crippen molar-refractivity contribution in [1.82, 2.24) is 0 Å². The molecule has 0 N–H and O–H groups in total. The first kappa shape index (κ1) is 13.0. The molecule has 0 aromatic heterocycles. The van der Waals surface area contributed by atoms with Gasteiger partial charge in [-0.15, -0.1) is 11.8 Å². The second-order valence-electron chi connectivity index (χ2n) is 1.31. The third-order valence-electron chi connectivity index (χ3n) is 0.645. The second kappa shape index (κ2) is 12.1. The summed E-state index contributed by atoms with van der Waals surface area (Å²) in [6, 6.07) is 0. The minimum absolute atomic E-state index is 0. The summed E-state index contributed by atoms with van der Waals surface area (Å²) >= 11 is 1.82. The smallest absolute Gasteiger partial charge is 1.00 e. The van der Waals surface area contributed by atoms with Crippen molar-refractivity contribution in [2.24, 2.45) is 0 Å². The number of hydrogen-bond acceptors (Lipinski definition) is 1. The SMILES string of the molecule is CC=CC=CSCC.[Ba+2].[H-].[H-]. The Kier molecular flexibility index (Phi) is 17.5. The minimum Gasteiger partial charge on any atom is -1.00 e. The van der Waals surface area contributed by atoms with Crippen LogP contribution < -0.4 is 0 Å². The van der Waals surface area contributed by atoms with Gasteiger partial charge in [0.05, 0.1) is 0 Å². The summed E-state index contributed by atoms with van der Waals surface area (Å²) in [5.41, 5.74) is 0. The van der Waals surface area contributed by atoms with E-state index in [-0.39, 0.29) is 51.7 Å². The third-order valence-corrected chi connectivity index (χ3v) is 1.33.